The summed E-state index contributed by atoms with van der Waals surface area (Å²) in [4.78, 5) is 33.9. The van der Waals surface area contributed by atoms with E-state index in [0.717, 1.165) is 29.5 Å². The highest BCUT2D eigenvalue weighted by atomic mass is 16.5. The summed E-state index contributed by atoms with van der Waals surface area (Å²) in [5.74, 6) is -0.177. The van der Waals surface area contributed by atoms with Crippen molar-refractivity contribution in [2.45, 2.75) is 25.4 Å². The van der Waals surface area contributed by atoms with E-state index in [0.29, 0.717) is 39.2 Å². The van der Waals surface area contributed by atoms with Crippen molar-refractivity contribution in [3.63, 3.8) is 0 Å². The number of aromatic nitrogens is 1. The highest BCUT2D eigenvalue weighted by Crippen LogP contribution is 2.23. The number of amides is 2. The van der Waals surface area contributed by atoms with Crippen molar-refractivity contribution in [2.75, 3.05) is 32.8 Å². The van der Waals surface area contributed by atoms with Gasteiger partial charge < -0.3 is 14.5 Å². The summed E-state index contributed by atoms with van der Waals surface area (Å²) < 4.78 is 5.61. The second-order valence-corrected chi connectivity index (χ2v) is 8.19. The lowest BCUT2D eigenvalue weighted by atomic mass is 9.95. The van der Waals surface area contributed by atoms with E-state index in [2.05, 4.69) is 35.8 Å². The van der Waals surface area contributed by atoms with Gasteiger partial charge in [-0.3, -0.25) is 14.6 Å². The highest BCUT2D eigenvalue weighted by molar-refractivity contribution is 5.84. The molecule has 31 heavy (non-hydrogen) atoms. The Morgan fingerprint density at radius 1 is 1.13 bits per heavy atom. The third-order valence-electron chi connectivity index (χ3n) is 6.06. The quantitative estimate of drug-likeness (QED) is 0.676. The van der Waals surface area contributed by atoms with Crippen molar-refractivity contribution in [1.29, 1.82) is 0 Å². The molecule has 2 aliphatic heterocycles. The molecule has 4 rings (SSSR count). The summed E-state index contributed by atoms with van der Waals surface area (Å²) in [5.41, 5.74) is 3.31. The molecule has 2 amide bonds. The molecule has 2 saturated heterocycles. The molecule has 0 N–H and O–H groups in total. The van der Waals surface area contributed by atoms with Crippen molar-refractivity contribution in [3.05, 3.63) is 67.0 Å². The third-order valence-corrected chi connectivity index (χ3v) is 6.06. The van der Waals surface area contributed by atoms with Crippen LogP contribution in [0.1, 0.15) is 18.4 Å². The van der Waals surface area contributed by atoms with Crippen LogP contribution in [0, 0.1) is 5.92 Å². The Balaban J connectivity index is 1.51. The molecular weight excluding hydrogens is 390 g/mol. The highest BCUT2D eigenvalue weighted by Gasteiger charge is 2.35. The van der Waals surface area contributed by atoms with Gasteiger partial charge in [0.2, 0.25) is 5.91 Å². The molecule has 2 aliphatic rings. The number of hydrogen-bond donors (Lipinski definition) is 0. The van der Waals surface area contributed by atoms with Gasteiger partial charge in [-0.25, -0.2) is 0 Å². The van der Waals surface area contributed by atoms with E-state index in [1.165, 1.54) is 0 Å². The summed E-state index contributed by atoms with van der Waals surface area (Å²) >= 11 is 0. The lowest BCUT2D eigenvalue weighted by molar-refractivity contribution is -0.141. The largest absolute Gasteiger partial charge is 0.368 e. The van der Waals surface area contributed by atoms with Crippen LogP contribution in [0.3, 0.4) is 0 Å². The fourth-order valence-corrected chi connectivity index (χ4v) is 4.37. The minimum Gasteiger partial charge on any atom is -0.368 e. The SMILES string of the molecule is C=CCN1CCN(C(=O)C2CCCO2)CC(Cc2ccc(-c3ccncc3)cc2)C1=O. The maximum Gasteiger partial charge on any atom is 0.251 e. The zero-order chi connectivity index (χ0) is 21.6. The predicted molar refractivity (Wildman–Crippen MR) is 119 cm³/mol. The minimum absolute atomic E-state index is 0.0174. The lowest BCUT2D eigenvalue weighted by Gasteiger charge is -2.25. The van der Waals surface area contributed by atoms with Crippen molar-refractivity contribution in [3.8, 4) is 11.1 Å². The van der Waals surface area contributed by atoms with E-state index >= 15 is 0 Å². The molecule has 6 heteroatoms. The van der Waals surface area contributed by atoms with Gasteiger partial charge in [-0.2, -0.15) is 0 Å². The zero-order valence-corrected chi connectivity index (χ0v) is 17.8. The van der Waals surface area contributed by atoms with Crippen molar-refractivity contribution in [1.82, 2.24) is 14.8 Å². The monoisotopic (exact) mass is 419 g/mol. The fourth-order valence-electron chi connectivity index (χ4n) is 4.37. The maximum absolute atomic E-state index is 13.2. The smallest absolute Gasteiger partial charge is 0.251 e. The first-order valence-corrected chi connectivity index (χ1v) is 10.9. The average Bonchev–Trinajstić information content (AvgIpc) is 3.30. The molecule has 0 aliphatic carbocycles. The standard InChI is InChI=1S/C25H29N3O3/c1-2-13-27-14-15-28(25(30)23-4-3-16-31-23)18-22(24(27)29)17-19-5-7-20(8-6-19)21-9-11-26-12-10-21/h2,5-12,22-23H,1,3-4,13-18H2. The Morgan fingerprint density at radius 3 is 2.55 bits per heavy atom. The Kier molecular flexibility index (Phi) is 6.77. The Morgan fingerprint density at radius 2 is 1.87 bits per heavy atom. The van der Waals surface area contributed by atoms with Crippen LogP contribution in [-0.2, 0) is 20.7 Å². The molecule has 0 bridgehead atoms. The summed E-state index contributed by atoms with van der Waals surface area (Å²) in [6, 6.07) is 12.2. The van der Waals surface area contributed by atoms with E-state index in [1.807, 2.05) is 21.9 Å². The molecule has 1 aromatic heterocycles. The second kappa shape index (κ2) is 9.88. The van der Waals surface area contributed by atoms with Gasteiger partial charge in [-0.05, 0) is 48.1 Å². The second-order valence-electron chi connectivity index (χ2n) is 8.19. The van der Waals surface area contributed by atoms with Gasteiger partial charge in [0.05, 0.1) is 5.92 Å². The van der Waals surface area contributed by atoms with Gasteiger partial charge in [-0.15, -0.1) is 6.58 Å². The number of benzene rings is 1. The molecule has 6 nitrogen and oxygen atoms in total. The van der Waals surface area contributed by atoms with E-state index in [9.17, 15) is 9.59 Å². The first-order chi connectivity index (χ1) is 15.2. The van der Waals surface area contributed by atoms with Crippen LogP contribution in [0.15, 0.2) is 61.4 Å². The topological polar surface area (TPSA) is 62.7 Å². The van der Waals surface area contributed by atoms with Gasteiger partial charge in [-0.1, -0.05) is 30.3 Å². The summed E-state index contributed by atoms with van der Waals surface area (Å²) in [5, 5.41) is 0. The predicted octanol–water partition coefficient (Wildman–Crippen LogP) is 2.94. The number of carbonyl (C=O) groups excluding carboxylic acids is 2. The Labute approximate surface area is 183 Å². The van der Waals surface area contributed by atoms with Crippen LogP contribution in [0.4, 0.5) is 0 Å². The lowest BCUT2D eigenvalue weighted by Crippen LogP contribution is -2.42. The average molecular weight is 420 g/mol. The first kappa shape index (κ1) is 21.2. The van der Waals surface area contributed by atoms with Crippen LogP contribution in [0.2, 0.25) is 0 Å². The zero-order valence-electron chi connectivity index (χ0n) is 17.8. The molecule has 1 aromatic carbocycles. The van der Waals surface area contributed by atoms with Crippen molar-refractivity contribution in [2.24, 2.45) is 5.92 Å². The summed E-state index contributed by atoms with van der Waals surface area (Å²) in [6.07, 6.45) is 7.22. The maximum atomic E-state index is 13.2. The van der Waals surface area contributed by atoms with E-state index < -0.39 is 0 Å². The molecular formula is C25H29N3O3. The van der Waals surface area contributed by atoms with Crippen LogP contribution in [-0.4, -0.2) is 65.5 Å². The van der Waals surface area contributed by atoms with E-state index in [-0.39, 0.29) is 23.8 Å². The molecule has 2 atom stereocenters. The number of hydrogen-bond acceptors (Lipinski definition) is 4. The number of carbonyl (C=O) groups is 2. The first-order valence-electron chi connectivity index (χ1n) is 10.9. The van der Waals surface area contributed by atoms with Gasteiger partial charge in [0.15, 0.2) is 0 Å². The van der Waals surface area contributed by atoms with Crippen molar-refractivity contribution >= 4 is 11.8 Å². The van der Waals surface area contributed by atoms with Crippen LogP contribution < -0.4 is 0 Å². The van der Waals surface area contributed by atoms with Gasteiger partial charge in [0.1, 0.15) is 6.10 Å². The van der Waals surface area contributed by atoms with Crippen LogP contribution in [0.5, 0.6) is 0 Å². The Hall–Kier alpha value is -2.99. The molecule has 0 radical (unpaired) electrons. The number of rotatable bonds is 6. The van der Waals surface area contributed by atoms with E-state index in [1.54, 1.807) is 18.5 Å². The van der Waals surface area contributed by atoms with Crippen LogP contribution >= 0.6 is 0 Å². The number of pyridine rings is 1. The van der Waals surface area contributed by atoms with Gasteiger partial charge >= 0.3 is 0 Å². The summed E-state index contributed by atoms with van der Waals surface area (Å²) in [6.45, 7) is 6.42. The van der Waals surface area contributed by atoms with Gasteiger partial charge in [0.25, 0.3) is 5.91 Å². The van der Waals surface area contributed by atoms with E-state index in [4.69, 9.17) is 4.74 Å². The summed E-state index contributed by atoms with van der Waals surface area (Å²) in [7, 11) is 0. The number of nitrogens with zero attached hydrogens (tertiary/aromatic N) is 3. The molecule has 162 valence electrons. The molecule has 2 unspecified atom stereocenters. The fraction of sp³-hybridized carbons (Fsp3) is 0.400. The number of ether oxygens (including phenoxy) is 1. The molecule has 0 spiro atoms. The minimum atomic E-state index is -0.360. The molecule has 3 heterocycles. The molecule has 0 saturated carbocycles. The van der Waals surface area contributed by atoms with Gasteiger partial charge in [0, 0.05) is 45.2 Å². The molecule has 2 aromatic rings. The molecule has 2 fully saturated rings. The Bertz CT molecular complexity index is 907. The third kappa shape index (κ3) is 5.02. The van der Waals surface area contributed by atoms with Crippen molar-refractivity contribution < 1.29 is 14.3 Å². The van der Waals surface area contributed by atoms with Crippen LogP contribution in [0.25, 0.3) is 11.1 Å². The normalized spacial score (nSPS) is 21.7.